The summed E-state index contributed by atoms with van der Waals surface area (Å²) in [6.07, 6.45) is 6.65. The van der Waals surface area contributed by atoms with Crippen molar-refractivity contribution >= 4 is 11.4 Å². The fourth-order valence-electron chi connectivity index (χ4n) is 5.97. The van der Waals surface area contributed by atoms with Gasteiger partial charge in [-0.25, -0.2) is 18.4 Å². The van der Waals surface area contributed by atoms with E-state index in [9.17, 15) is 4.79 Å². The lowest BCUT2D eigenvalue weighted by Gasteiger charge is -2.37. The average molecular weight is 655 g/mol. The summed E-state index contributed by atoms with van der Waals surface area (Å²) in [4.78, 5) is 18.7. The lowest BCUT2D eigenvalue weighted by molar-refractivity contribution is 0.0844. The second kappa shape index (κ2) is 15.7. The number of ether oxygens (including phenoxy) is 2. The smallest absolute Gasteiger partial charge is 0.350 e. The molecule has 0 saturated carbocycles. The number of anilines is 2. The van der Waals surface area contributed by atoms with Gasteiger partial charge in [-0.05, 0) is 56.2 Å². The molecule has 0 spiro atoms. The Bertz CT molecular complexity index is 1730. The van der Waals surface area contributed by atoms with E-state index in [4.69, 9.17) is 9.47 Å². The first-order valence-electron chi connectivity index (χ1n) is 16.6. The largest absolute Gasteiger partial charge is 0.493 e. The van der Waals surface area contributed by atoms with Gasteiger partial charge in [-0.1, -0.05) is 43.3 Å². The Kier molecular flexibility index (Phi) is 10.8. The van der Waals surface area contributed by atoms with Gasteiger partial charge in [0.15, 0.2) is 0 Å². The summed E-state index contributed by atoms with van der Waals surface area (Å²) in [5.41, 5.74) is 2.31. The van der Waals surface area contributed by atoms with E-state index in [-0.39, 0.29) is 29.6 Å². The number of hydrogen-bond donors (Lipinski definition) is 0. The summed E-state index contributed by atoms with van der Waals surface area (Å²) in [6.45, 7) is 8.67. The molecule has 3 atom stereocenters. The number of aromatic nitrogens is 6. The van der Waals surface area contributed by atoms with Crippen LogP contribution in [0.3, 0.4) is 0 Å². The van der Waals surface area contributed by atoms with Crippen LogP contribution < -0.4 is 20.2 Å². The summed E-state index contributed by atoms with van der Waals surface area (Å²) in [5, 5.41) is 12.5. The second-order valence-electron chi connectivity index (χ2n) is 12.2. The maximum absolute atomic E-state index is 15.1. The molecule has 4 heterocycles. The minimum absolute atomic E-state index is 0.0556. The predicted octanol–water partition coefficient (Wildman–Crippen LogP) is 5.23. The lowest BCUT2D eigenvalue weighted by atomic mass is 10.1. The van der Waals surface area contributed by atoms with Crippen LogP contribution in [-0.2, 0) is 11.3 Å². The first-order valence-corrected chi connectivity index (χ1v) is 16.6. The third-order valence-corrected chi connectivity index (χ3v) is 8.88. The molecule has 0 aliphatic carbocycles. The fraction of sp³-hybridized carbons (Fsp3) is 0.389. The summed E-state index contributed by atoms with van der Waals surface area (Å²) >= 11 is 0. The molecule has 0 radical (unpaired) electrons. The van der Waals surface area contributed by atoms with E-state index in [0.29, 0.717) is 44.3 Å². The van der Waals surface area contributed by atoms with Gasteiger partial charge in [-0.2, -0.15) is 20.1 Å². The molecule has 2 aliphatic rings. The van der Waals surface area contributed by atoms with Crippen LogP contribution in [0.4, 0.5) is 15.8 Å². The monoisotopic (exact) mass is 654 g/mol. The first-order chi connectivity index (χ1) is 23.5. The first kappa shape index (κ1) is 33.0. The Morgan fingerprint density at radius 2 is 1.54 bits per heavy atom. The molecule has 48 heavy (non-hydrogen) atoms. The van der Waals surface area contributed by atoms with Crippen LogP contribution in [0.15, 0.2) is 102 Å². The zero-order valence-electron chi connectivity index (χ0n) is 27.5. The molecule has 0 bridgehead atoms. The van der Waals surface area contributed by atoms with E-state index < -0.39 is 0 Å². The summed E-state index contributed by atoms with van der Waals surface area (Å²) in [6, 6.07) is 25.1. The number of hydrogen-bond acceptors (Lipinski definition) is 8. The molecule has 0 amide bonds. The van der Waals surface area contributed by atoms with Gasteiger partial charge in [-0.15, -0.1) is 0 Å². The average Bonchev–Trinajstić information content (AvgIpc) is 3.91. The van der Waals surface area contributed by atoms with Crippen LogP contribution in [-0.4, -0.2) is 74.8 Å². The maximum atomic E-state index is 15.1. The van der Waals surface area contributed by atoms with E-state index >= 15 is 4.39 Å². The molecule has 7 rings (SSSR count). The molecule has 3 unspecified atom stereocenters. The second-order valence-corrected chi connectivity index (χ2v) is 12.2. The number of nitrogens with zero attached hydrogens (tertiary/aromatic N) is 8. The minimum Gasteiger partial charge on any atom is -0.493 e. The quantitative estimate of drug-likeness (QED) is 0.202. The van der Waals surface area contributed by atoms with Crippen molar-refractivity contribution in [1.29, 1.82) is 0 Å². The van der Waals surface area contributed by atoms with Crippen molar-refractivity contribution in [2.24, 2.45) is 5.92 Å². The van der Waals surface area contributed by atoms with Crippen molar-refractivity contribution in [2.75, 3.05) is 49.2 Å². The Morgan fingerprint density at radius 3 is 2.19 bits per heavy atom. The number of halogens is 1. The van der Waals surface area contributed by atoms with Gasteiger partial charge in [0.05, 0.1) is 55.7 Å². The molecule has 11 nitrogen and oxygen atoms in total. The van der Waals surface area contributed by atoms with Crippen molar-refractivity contribution in [1.82, 2.24) is 29.3 Å². The normalized spacial score (nSPS) is 18.3. The molecule has 2 fully saturated rings. The molecule has 3 aromatic carbocycles. The van der Waals surface area contributed by atoms with Crippen LogP contribution in [0, 0.1) is 11.7 Å². The zero-order chi connectivity index (χ0) is 33.3. The highest BCUT2D eigenvalue weighted by Crippen LogP contribution is 2.28. The Balaban J connectivity index is 0.000000604. The van der Waals surface area contributed by atoms with E-state index in [0.717, 1.165) is 37.3 Å². The lowest BCUT2D eigenvalue weighted by Crippen LogP contribution is -2.46. The van der Waals surface area contributed by atoms with Crippen LogP contribution in [0.2, 0.25) is 0 Å². The van der Waals surface area contributed by atoms with E-state index in [1.165, 1.54) is 10.7 Å². The third kappa shape index (κ3) is 8.11. The fourth-order valence-corrected chi connectivity index (χ4v) is 5.97. The molecule has 12 heteroatoms. The Hall–Kier alpha value is -4.97. The van der Waals surface area contributed by atoms with Crippen molar-refractivity contribution in [3.8, 4) is 11.4 Å². The SMILES string of the molecule is CCC(C)n1ncn(-c2ccc(N3CCN(c4ccc(OCC5COC(Cn6nccn6)C5)cc4F)CC3)cc2)c1=O.c1ccccc1. The Morgan fingerprint density at radius 1 is 0.896 bits per heavy atom. The van der Waals surface area contributed by atoms with E-state index in [2.05, 4.69) is 25.1 Å². The molecule has 2 aromatic heterocycles. The van der Waals surface area contributed by atoms with Crippen LogP contribution in [0.1, 0.15) is 32.7 Å². The summed E-state index contributed by atoms with van der Waals surface area (Å²) < 4.78 is 30.0. The highest BCUT2D eigenvalue weighted by molar-refractivity contribution is 5.55. The van der Waals surface area contributed by atoms with Gasteiger partial charge in [0.2, 0.25) is 0 Å². The van der Waals surface area contributed by atoms with Gasteiger partial charge in [0.25, 0.3) is 0 Å². The van der Waals surface area contributed by atoms with Gasteiger partial charge in [-0.3, -0.25) is 0 Å². The van der Waals surface area contributed by atoms with Crippen LogP contribution in [0.5, 0.6) is 5.75 Å². The van der Waals surface area contributed by atoms with Gasteiger partial charge < -0.3 is 19.3 Å². The number of rotatable bonds is 10. The molecule has 5 aromatic rings. The van der Waals surface area contributed by atoms with E-state index in [1.807, 2.05) is 86.6 Å². The molecule has 252 valence electrons. The number of piperazine rings is 1. The van der Waals surface area contributed by atoms with Gasteiger partial charge >= 0.3 is 5.69 Å². The van der Waals surface area contributed by atoms with Crippen molar-refractivity contribution in [3.63, 3.8) is 0 Å². The van der Waals surface area contributed by atoms with Gasteiger partial charge in [0, 0.05) is 43.9 Å². The Labute approximate surface area is 280 Å². The minimum atomic E-state index is -0.279. The van der Waals surface area contributed by atoms with Crippen LogP contribution in [0.25, 0.3) is 5.69 Å². The summed E-state index contributed by atoms with van der Waals surface area (Å²) in [7, 11) is 0. The maximum Gasteiger partial charge on any atom is 0.350 e. The highest BCUT2D eigenvalue weighted by atomic mass is 19.1. The number of benzene rings is 3. The van der Waals surface area contributed by atoms with Gasteiger partial charge in [0.1, 0.15) is 17.9 Å². The highest BCUT2D eigenvalue weighted by Gasteiger charge is 2.27. The molecule has 2 saturated heterocycles. The topological polar surface area (TPSA) is 95.5 Å². The standard InChI is InChI=1S/C30H37FN8O3.C6H6/c1-3-22(2)39-30(40)37(21-34-39)25-6-4-24(5-7-25)35-12-14-36(15-13-35)29-9-8-26(17-28(29)31)41-19-23-16-27(42-20-23)18-38-32-10-11-33-38;1-2-4-6-5-3-1/h4-11,17,21-23,27H,3,12-16,18-20H2,1-2H3;1-6H. The van der Waals surface area contributed by atoms with Crippen molar-refractivity contribution in [2.45, 2.75) is 45.4 Å². The zero-order valence-corrected chi connectivity index (χ0v) is 27.5. The summed E-state index contributed by atoms with van der Waals surface area (Å²) in [5.74, 6) is 0.499. The molecule has 2 aliphatic heterocycles. The predicted molar refractivity (Wildman–Crippen MR) is 183 cm³/mol. The van der Waals surface area contributed by atoms with Crippen molar-refractivity contribution in [3.05, 3.63) is 114 Å². The molecular weight excluding hydrogens is 611 g/mol. The van der Waals surface area contributed by atoms with Crippen molar-refractivity contribution < 1.29 is 13.9 Å². The van der Waals surface area contributed by atoms with Crippen LogP contribution >= 0.6 is 0 Å². The van der Waals surface area contributed by atoms with E-state index in [1.54, 1.807) is 28.1 Å². The third-order valence-electron chi connectivity index (χ3n) is 8.88. The molecule has 0 N–H and O–H groups in total. The molecular formula is C36H43FN8O3.